The lowest BCUT2D eigenvalue weighted by atomic mass is 9.76. The van der Waals surface area contributed by atoms with Gasteiger partial charge in [-0.3, -0.25) is 10.1 Å². The molecule has 0 aromatic carbocycles. The van der Waals surface area contributed by atoms with Crippen molar-refractivity contribution in [3.63, 3.8) is 0 Å². The van der Waals surface area contributed by atoms with Crippen molar-refractivity contribution in [2.45, 2.75) is 57.5 Å². The third-order valence-electron chi connectivity index (χ3n) is 3.73. The standard InChI is InChI=1S/C12H23NO3/c1-3-10(8-14)13-12(11(15)16)6-4-9(2)5-7-12/h9-10,13-14H,3-8H2,1-2H3,(H,15,16). The fourth-order valence-electron chi connectivity index (χ4n) is 2.34. The Morgan fingerprint density at radius 3 is 2.44 bits per heavy atom. The van der Waals surface area contributed by atoms with Crippen molar-refractivity contribution in [3.05, 3.63) is 0 Å². The van der Waals surface area contributed by atoms with Gasteiger partial charge in [0.15, 0.2) is 0 Å². The molecule has 1 aliphatic rings. The minimum absolute atomic E-state index is 0.00107. The first-order valence-corrected chi connectivity index (χ1v) is 6.16. The first kappa shape index (κ1) is 13.5. The van der Waals surface area contributed by atoms with Gasteiger partial charge >= 0.3 is 5.97 Å². The maximum atomic E-state index is 11.4. The highest BCUT2D eigenvalue weighted by Gasteiger charge is 2.41. The van der Waals surface area contributed by atoms with E-state index in [1.807, 2.05) is 6.92 Å². The van der Waals surface area contributed by atoms with Crippen LogP contribution >= 0.6 is 0 Å². The normalized spacial score (nSPS) is 32.3. The van der Waals surface area contributed by atoms with Gasteiger partial charge in [-0.2, -0.15) is 0 Å². The number of carboxylic acids is 1. The van der Waals surface area contributed by atoms with Crippen LogP contribution in [-0.4, -0.2) is 34.4 Å². The minimum Gasteiger partial charge on any atom is -0.480 e. The van der Waals surface area contributed by atoms with E-state index in [0.717, 1.165) is 19.3 Å². The number of hydrogen-bond donors (Lipinski definition) is 3. The quantitative estimate of drug-likeness (QED) is 0.666. The largest absolute Gasteiger partial charge is 0.480 e. The summed E-state index contributed by atoms with van der Waals surface area (Å²) in [6.07, 6.45) is 3.98. The number of carboxylic acid groups (broad SMARTS) is 1. The van der Waals surface area contributed by atoms with Crippen LogP contribution in [0, 0.1) is 5.92 Å². The summed E-state index contributed by atoms with van der Waals surface area (Å²) in [5, 5.41) is 21.7. The Hall–Kier alpha value is -0.610. The average molecular weight is 229 g/mol. The van der Waals surface area contributed by atoms with E-state index < -0.39 is 11.5 Å². The number of aliphatic carboxylic acids is 1. The lowest BCUT2D eigenvalue weighted by Gasteiger charge is -2.39. The Balaban J connectivity index is 2.69. The molecule has 1 saturated carbocycles. The molecule has 0 heterocycles. The molecule has 0 saturated heterocycles. The molecule has 0 aliphatic heterocycles. The summed E-state index contributed by atoms with van der Waals surface area (Å²) >= 11 is 0. The topological polar surface area (TPSA) is 69.6 Å². The van der Waals surface area contributed by atoms with Crippen LogP contribution in [0.15, 0.2) is 0 Å². The minimum atomic E-state index is -0.810. The molecule has 1 atom stereocenters. The lowest BCUT2D eigenvalue weighted by molar-refractivity contribution is -0.147. The second-order valence-corrected chi connectivity index (χ2v) is 5.00. The van der Waals surface area contributed by atoms with Gasteiger partial charge < -0.3 is 10.2 Å². The van der Waals surface area contributed by atoms with Crippen molar-refractivity contribution in [2.75, 3.05) is 6.61 Å². The van der Waals surface area contributed by atoms with Crippen LogP contribution in [0.1, 0.15) is 46.0 Å². The SMILES string of the molecule is CCC(CO)NC1(C(=O)O)CCC(C)CC1. The number of hydrogen-bond acceptors (Lipinski definition) is 3. The molecular weight excluding hydrogens is 206 g/mol. The molecule has 4 heteroatoms. The van der Waals surface area contributed by atoms with Crippen LogP contribution < -0.4 is 5.32 Å². The molecule has 1 fully saturated rings. The Kier molecular flexibility index (Phi) is 4.74. The van der Waals surface area contributed by atoms with Gasteiger partial charge in [0.1, 0.15) is 5.54 Å². The molecule has 3 N–H and O–H groups in total. The third-order valence-corrected chi connectivity index (χ3v) is 3.73. The van der Waals surface area contributed by atoms with Gasteiger partial charge in [-0.05, 0) is 38.0 Å². The van der Waals surface area contributed by atoms with Crippen LogP contribution in [0.2, 0.25) is 0 Å². The fraction of sp³-hybridized carbons (Fsp3) is 0.917. The lowest BCUT2D eigenvalue weighted by Crippen LogP contribution is -2.58. The van der Waals surface area contributed by atoms with Crippen molar-refractivity contribution < 1.29 is 15.0 Å². The van der Waals surface area contributed by atoms with E-state index in [4.69, 9.17) is 5.11 Å². The van der Waals surface area contributed by atoms with E-state index in [1.54, 1.807) is 0 Å². The zero-order valence-electron chi connectivity index (χ0n) is 10.2. The van der Waals surface area contributed by atoms with Gasteiger partial charge in [-0.15, -0.1) is 0 Å². The van der Waals surface area contributed by atoms with E-state index in [0.29, 0.717) is 18.8 Å². The van der Waals surface area contributed by atoms with E-state index >= 15 is 0 Å². The molecule has 94 valence electrons. The molecule has 0 amide bonds. The van der Waals surface area contributed by atoms with E-state index in [1.165, 1.54) is 0 Å². The van der Waals surface area contributed by atoms with Gasteiger partial charge in [0, 0.05) is 6.04 Å². The van der Waals surface area contributed by atoms with Crippen molar-refractivity contribution >= 4 is 5.97 Å². The summed E-state index contributed by atoms with van der Waals surface area (Å²) in [5.74, 6) is -0.158. The third kappa shape index (κ3) is 2.95. The van der Waals surface area contributed by atoms with Crippen molar-refractivity contribution in [1.82, 2.24) is 5.32 Å². The second-order valence-electron chi connectivity index (χ2n) is 5.00. The smallest absolute Gasteiger partial charge is 0.323 e. The zero-order chi connectivity index (χ0) is 12.2. The summed E-state index contributed by atoms with van der Waals surface area (Å²) in [4.78, 5) is 11.4. The van der Waals surface area contributed by atoms with Crippen LogP contribution in [0.4, 0.5) is 0 Å². The number of aliphatic hydroxyl groups is 1. The molecule has 0 spiro atoms. The molecule has 16 heavy (non-hydrogen) atoms. The molecule has 4 nitrogen and oxygen atoms in total. The number of carbonyl (C=O) groups is 1. The van der Waals surface area contributed by atoms with E-state index in [2.05, 4.69) is 12.2 Å². The van der Waals surface area contributed by atoms with Crippen LogP contribution in [-0.2, 0) is 4.79 Å². The fourth-order valence-corrected chi connectivity index (χ4v) is 2.34. The predicted octanol–water partition coefficient (Wildman–Crippen LogP) is 1.38. The van der Waals surface area contributed by atoms with Gasteiger partial charge in [0.05, 0.1) is 6.61 Å². The Morgan fingerprint density at radius 2 is 2.06 bits per heavy atom. The molecule has 1 aliphatic carbocycles. The predicted molar refractivity (Wildman–Crippen MR) is 62.3 cm³/mol. The van der Waals surface area contributed by atoms with E-state index in [9.17, 15) is 9.90 Å². The zero-order valence-corrected chi connectivity index (χ0v) is 10.2. The van der Waals surface area contributed by atoms with Crippen LogP contribution in [0.3, 0.4) is 0 Å². The molecular formula is C12H23NO3. The van der Waals surface area contributed by atoms with Gasteiger partial charge in [-0.25, -0.2) is 0 Å². The second kappa shape index (κ2) is 5.64. The number of aliphatic hydroxyl groups excluding tert-OH is 1. The van der Waals surface area contributed by atoms with Gasteiger partial charge in [-0.1, -0.05) is 13.8 Å². The molecule has 0 aromatic rings. The highest BCUT2D eigenvalue weighted by molar-refractivity contribution is 5.79. The van der Waals surface area contributed by atoms with Crippen molar-refractivity contribution in [3.8, 4) is 0 Å². The molecule has 0 aromatic heterocycles. The number of nitrogens with one attached hydrogen (secondary N) is 1. The highest BCUT2D eigenvalue weighted by atomic mass is 16.4. The van der Waals surface area contributed by atoms with Crippen LogP contribution in [0.5, 0.6) is 0 Å². The maximum absolute atomic E-state index is 11.4. The summed E-state index contributed by atoms with van der Waals surface area (Å²) < 4.78 is 0. The van der Waals surface area contributed by atoms with Gasteiger partial charge in [0.25, 0.3) is 0 Å². The summed E-state index contributed by atoms with van der Waals surface area (Å²) in [6, 6.07) is -0.107. The highest BCUT2D eigenvalue weighted by Crippen LogP contribution is 2.32. The maximum Gasteiger partial charge on any atom is 0.323 e. The Labute approximate surface area is 97.0 Å². The summed E-state index contributed by atoms with van der Waals surface area (Å²) in [7, 11) is 0. The van der Waals surface area contributed by atoms with Crippen molar-refractivity contribution in [1.29, 1.82) is 0 Å². The summed E-state index contributed by atoms with van der Waals surface area (Å²) in [5.41, 5.74) is -0.810. The van der Waals surface area contributed by atoms with E-state index in [-0.39, 0.29) is 12.6 Å². The first-order chi connectivity index (χ1) is 7.54. The summed E-state index contributed by atoms with van der Waals surface area (Å²) in [6.45, 7) is 4.12. The molecule has 1 rings (SSSR count). The average Bonchev–Trinajstić information content (AvgIpc) is 2.28. The first-order valence-electron chi connectivity index (χ1n) is 6.16. The van der Waals surface area contributed by atoms with Gasteiger partial charge in [0.2, 0.25) is 0 Å². The molecule has 1 unspecified atom stereocenters. The Morgan fingerprint density at radius 1 is 1.50 bits per heavy atom. The Bertz CT molecular complexity index is 230. The monoisotopic (exact) mass is 229 g/mol. The molecule has 0 radical (unpaired) electrons. The number of rotatable bonds is 5. The molecule has 0 bridgehead atoms. The van der Waals surface area contributed by atoms with Crippen molar-refractivity contribution in [2.24, 2.45) is 5.92 Å². The van der Waals surface area contributed by atoms with Crippen LogP contribution in [0.25, 0.3) is 0 Å².